The van der Waals surface area contributed by atoms with Gasteiger partial charge in [0.1, 0.15) is 17.1 Å². The number of nitrogens with zero attached hydrogens (tertiary/aromatic N) is 2. The lowest BCUT2D eigenvalue weighted by Gasteiger charge is -2.36. The molecule has 2 aromatic rings. The average Bonchev–Trinajstić information content (AvgIpc) is 2.62. The normalized spacial score (nSPS) is 14.8. The number of amides is 1. The second kappa shape index (κ2) is 6.96. The number of carbonyl (C=O) groups excluding carboxylic acids is 1. The first-order chi connectivity index (χ1) is 12.0. The van der Waals surface area contributed by atoms with Crippen molar-refractivity contribution in [3.05, 3.63) is 50.3 Å². The molecule has 132 valence electrons. The second-order valence-corrected chi connectivity index (χ2v) is 6.22. The third-order valence-electron chi connectivity index (χ3n) is 4.58. The lowest BCUT2D eigenvalue weighted by Crippen LogP contribution is -2.52. The van der Waals surface area contributed by atoms with E-state index in [-0.39, 0.29) is 11.7 Å². The van der Waals surface area contributed by atoms with E-state index in [9.17, 15) is 19.5 Å². The van der Waals surface area contributed by atoms with Gasteiger partial charge in [-0.1, -0.05) is 12.1 Å². The van der Waals surface area contributed by atoms with Gasteiger partial charge in [0.25, 0.3) is 10.9 Å². The highest BCUT2D eigenvalue weighted by Gasteiger charge is 2.28. The Morgan fingerprint density at radius 2 is 1.72 bits per heavy atom. The highest BCUT2D eigenvalue weighted by Crippen LogP contribution is 2.21. The van der Waals surface area contributed by atoms with Gasteiger partial charge in [0.2, 0.25) is 5.91 Å². The van der Waals surface area contributed by atoms with Crippen LogP contribution in [0, 0.1) is 0 Å². The lowest BCUT2D eigenvalue weighted by molar-refractivity contribution is -0.129. The van der Waals surface area contributed by atoms with E-state index in [4.69, 9.17) is 0 Å². The fraction of sp³-hybridized carbons (Fsp3) is 0.389. The van der Waals surface area contributed by atoms with Crippen molar-refractivity contribution in [2.24, 2.45) is 0 Å². The molecule has 1 aliphatic heterocycles. The molecule has 0 atom stereocenters. The van der Waals surface area contributed by atoms with Crippen LogP contribution in [0.4, 0.5) is 11.4 Å². The van der Waals surface area contributed by atoms with Crippen LogP contribution in [0.3, 0.4) is 0 Å². The quantitative estimate of drug-likeness (QED) is 0.760. The minimum absolute atomic E-state index is 0.0249. The van der Waals surface area contributed by atoms with Crippen LogP contribution < -0.4 is 21.1 Å². The van der Waals surface area contributed by atoms with Crippen LogP contribution >= 0.6 is 0 Å². The number of hydrogen-bond donors (Lipinski definition) is 2. The largest absolute Gasteiger partial charge is 0.508 e. The summed E-state index contributed by atoms with van der Waals surface area (Å²) in [5.41, 5.74) is 0.915. The molecule has 0 aliphatic carbocycles. The highest BCUT2D eigenvalue weighted by atomic mass is 16.3. The van der Waals surface area contributed by atoms with Crippen molar-refractivity contribution in [1.82, 2.24) is 4.90 Å². The molecule has 2 N–H and O–H groups in total. The SMILES string of the molecule is CC(=O)N1CCN(c2c(NCCc3ccc(O)cc3)c(=O)c2=O)CC1. The third kappa shape index (κ3) is 3.50. The summed E-state index contributed by atoms with van der Waals surface area (Å²) < 4.78 is 0. The van der Waals surface area contributed by atoms with Gasteiger partial charge in [0.15, 0.2) is 0 Å². The van der Waals surface area contributed by atoms with Crippen molar-refractivity contribution in [1.29, 1.82) is 0 Å². The third-order valence-corrected chi connectivity index (χ3v) is 4.58. The standard InChI is InChI=1S/C18H21N3O4/c1-12(22)20-8-10-21(11-9-20)16-15(17(24)18(16)25)19-7-6-13-2-4-14(23)5-3-13/h2-5,19,23H,6-11H2,1H3. The molecule has 0 bridgehead atoms. The van der Waals surface area contributed by atoms with E-state index in [1.807, 2.05) is 17.0 Å². The zero-order chi connectivity index (χ0) is 18.0. The van der Waals surface area contributed by atoms with Gasteiger partial charge in [0, 0.05) is 39.6 Å². The van der Waals surface area contributed by atoms with Crippen molar-refractivity contribution >= 4 is 17.3 Å². The fourth-order valence-electron chi connectivity index (χ4n) is 3.08. The summed E-state index contributed by atoms with van der Waals surface area (Å²) in [7, 11) is 0. The Bertz CT molecular complexity index is 829. The average molecular weight is 343 g/mol. The van der Waals surface area contributed by atoms with Crippen molar-refractivity contribution in [3.8, 4) is 5.75 Å². The van der Waals surface area contributed by atoms with E-state index in [2.05, 4.69) is 5.32 Å². The number of anilines is 2. The molecule has 1 aliphatic rings. The maximum Gasteiger partial charge on any atom is 0.253 e. The number of benzene rings is 1. The van der Waals surface area contributed by atoms with Crippen LogP contribution in [0.1, 0.15) is 12.5 Å². The van der Waals surface area contributed by atoms with Gasteiger partial charge < -0.3 is 20.2 Å². The van der Waals surface area contributed by atoms with Gasteiger partial charge in [-0.05, 0) is 24.1 Å². The van der Waals surface area contributed by atoms with E-state index in [0.29, 0.717) is 50.5 Å². The summed E-state index contributed by atoms with van der Waals surface area (Å²) in [5.74, 6) is 0.239. The molecule has 7 heteroatoms. The lowest BCUT2D eigenvalue weighted by atomic mass is 10.1. The zero-order valence-corrected chi connectivity index (χ0v) is 14.1. The Labute approximate surface area is 145 Å². The first-order valence-electron chi connectivity index (χ1n) is 8.33. The molecule has 2 aromatic carbocycles. The van der Waals surface area contributed by atoms with Crippen molar-refractivity contribution in [3.63, 3.8) is 0 Å². The Morgan fingerprint density at radius 3 is 2.32 bits per heavy atom. The molecule has 1 fully saturated rings. The van der Waals surface area contributed by atoms with Gasteiger partial charge in [-0.25, -0.2) is 0 Å². The van der Waals surface area contributed by atoms with Crippen LogP contribution in [0.2, 0.25) is 0 Å². The van der Waals surface area contributed by atoms with Gasteiger partial charge in [-0.15, -0.1) is 0 Å². The molecule has 3 rings (SSSR count). The Hall–Kier alpha value is -2.83. The summed E-state index contributed by atoms with van der Waals surface area (Å²) in [6.45, 7) is 4.27. The van der Waals surface area contributed by atoms with E-state index in [1.165, 1.54) is 6.92 Å². The molecule has 25 heavy (non-hydrogen) atoms. The minimum Gasteiger partial charge on any atom is -0.508 e. The maximum absolute atomic E-state index is 12.0. The van der Waals surface area contributed by atoms with Crippen LogP contribution in [-0.2, 0) is 11.2 Å². The van der Waals surface area contributed by atoms with Crippen molar-refractivity contribution in [2.75, 3.05) is 42.9 Å². The van der Waals surface area contributed by atoms with E-state index in [0.717, 1.165) is 5.56 Å². The Balaban J connectivity index is 1.61. The number of aromatic hydroxyl groups is 1. The summed E-state index contributed by atoms with van der Waals surface area (Å²) in [6.07, 6.45) is 0.677. The summed E-state index contributed by atoms with van der Waals surface area (Å²) in [6, 6.07) is 6.88. The van der Waals surface area contributed by atoms with E-state index in [1.54, 1.807) is 17.0 Å². The van der Waals surface area contributed by atoms with Gasteiger partial charge in [0.05, 0.1) is 0 Å². The second-order valence-electron chi connectivity index (χ2n) is 6.22. The molecule has 1 heterocycles. The number of piperazine rings is 1. The summed E-state index contributed by atoms with van der Waals surface area (Å²) in [5, 5.41) is 12.3. The molecule has 0 radical (unpaired) electrons. The molecule has 7 nitrogen and oxygen atoms in total. The molecular formula is C18H21N3O4. The number of phenols is 1. The number of hydrogen-bond acceptors (Lipinski definition) is 6. The molecule has 1 saturated heterocycles. The number of nitrogens with one attached hydrogen (secondary N) is 1. The molecular weight excluding hydrogens is 322 g/mol. The number of carbonyl (C=O) groups is 1. The first-order valence-corrected chi connectivity index (χ1v) is 8.33. The van der Waals surface area contributed by atoms with Crippen LogP contribution in [0.15, 0.2) is 33.9 Å². The van der Waals surface area contributed by atoms with Gasteiger partial charge in [-0.2, -0.15) is 0 Å². The van der Waals surface area contributed by atoms with Gasteiger partial charge >= 0.3 is 0 Å². The van der Waals surface area contributed by atoms with Crippen molar-refractivity contribution < 1.29 is 9.90 Å². The predicted octanol–water partition coefficient (Wildman–Crippen LogP) is 0.311. The fourth-order valence-corrected chi connectivity index (χ4v) is 3.08. The van der Waals surface area contributed by atoms with Crippen LogP contribution in [-0.4, -0.2) is 48.6 Å². The monoisotopic (exact) mass is 343 g/mol. The number of rotatable bonds is 5. The number of phenolic OH excluding ortho intramolecular Hbond substituents is 1. The highest BCUT2D eigenvalue weighted by molar-refractivity contribution is 5.77. The smallest absolute Gasteiger partial charge is 0.253 e. The summed E-state index contributed by atoms with van der Waals surface area (Å²) in [4.78, 5) is 38.8. The molecule has 0 aromatic heterocycles. The molecule has 1 amide bonds. The molecule has 0 spiro atoms. The molecule has 0 saturated carbocycles. The minimum atomic E-state index is -0.477. The Kier molecular flexibility index (Phi) is 4.74. The predicted molar refractivity (Wildman–Crippen MR) is 96.1 cm³/mol. The Morgan fingerprint density at radius 1 is 1.08 bits per heavy atom. The first kappa shape index (κ1) is 17.0. The maximum atomic E-state index is 12.0. The topological polar surface area (TPSA) is 89.9 Å². The summed E-state index contributed by atoms with van der Waals surface area (Å²) >= 11 is 0. The van der Waals surface area contributed by atoms with Crippen LogP contribution in [0.25, 0.3) is 0 Å². The molecule has 0 unspecified atom stereocenters. The van der Waals surface area contributed by atoms with Gasteiger partial charge in [-0.3, -0.25) is 14.4 Å². The van der Waals surface area contributed by atoms with Crippen molar-refractivity contribution in [2.45, 2.75) is 13.3 Å². The van der Waals surface area contributed by atoms with E-state index < -0.39 is 10.9 Å². The zero-order valence-electron chi connectivity index (χ0n) is 14.1. The van der Waals surface area contributed by atoms with Crippen LogP contribution in [0.5, 0.6) is 5.75 Å². The van der Waals surface area contributed by atoms with E-state index >= 15 is 0 Å².